The summed E-state index contributed by atoms with van der Waals surface area (Å²) in [4.78, 5) is 38.4. The molecular formula is C28H28N4O5. The predicted molar refractivity (Wildman–Crippen MR) is 139 cm³/mol. The molecule has 9 nitrogen and oxygen atoms in total. The molecule has 0 saturated carbocycles. The van der Waals surface area contributed by atoms with Gasteiger partial charge < -0.3 is 25.8 Å². The van der Waals surface area contributed by atoms with Crippen molar-refractivity contribution in [3.63, 3.8) is 0 Å². The van der Waals surface area contributed by atoms with Gasteiger partial charge in [0.15, 0.2) is 0 Å². The van der Waals surface area contributed by atoms with Crippen LogP contribution in [0.3, 0.4) is 0 Å². The summed E-state index contributed by atoms with van der Waals surface area (Å²) < 4.78 is 10.8. The average Bonchev–Trinajstić information content (AvgIpc) is 3.22. The van der Waals surface area contributed by atoms with Gasteiger partial charge in [0.05, 0.1) is 25.5 Å². The normalized spacial score (nSPS) is 16.9. The number of hydrogen-bond donors (Lipinski definition) is 3. The number of amidine groups is 1. The maximum absolute atomic E-state index is 13.3. The van der Waals surface area contributed by atoms with Gasteiger partial charge in [0, 0.05) is 16.8 Å². The number of benzene rings is 3. The molecule has 3 aromatic rings. The number of nitrogen functional groups attached to an aromatic ring is 1. The van der Waals surface area contributed by atoms with Crippen LogP contribution in [0.4, 0.5) is 5.69 Å². The molecule has 0 radical (unpaired) electrons. The van der Waals surface area contributed by atoms with E-state index < -0.39 is 17.8 Å². The number of amides is 2. The van der Waals surface area contributed by atoms with Crippen LogP contribution < -0.4 is 21.1 Å². The van der Waals surface area contributed by atoms with E-state index >= 15 is 0 Å². The van der Waals surface area contributed by atoms with Crippen LogP contribution in [0.1, 0.15) is 28.8 Å². The lowest BCUT2D eigenvalue weighted by atomic mass is 10.0. The monoisotopic (exact) mass is 500 g/mol. The van der Waals surface area contributed by atoms with Gasteiger partial charge in [0.2, 0.25) is 11.8 Å². The lowest BCUT2D eigenvalue weighted by Gasteiger charge is -2.25. The van der Waals surface area contributed by atoms with Crippen LogP contribution >= 0.6 is 0 Å². The number of hydrogen-bond acceptors (Lipinski definition) is 6. The number of methoxy groups -OCH3 is 1. The second kappa shape index (κ2) is 10.9. The minimum absolute atomic E-state index is 0.0184. The second-order valence-corrected chi connectivity index (χ2v) is 8.82. The first-order chi connectivity index (χ1) is 17.8. The van der Waals surface area contributed by atoms with Crippen molar-refractivity contribution in [2.75, 3.05) is 18.6 Å². The molecular weight excluding hydrogens is 472 g/mol. The Balaban J connectivity index is 1.50. The molecule has 2 atom stereocenters. The van der Waals surface area contributed by atoms with Gasteiger partial charge in [-0.3, -0.25) is 19.8 Å². The summed E-state index contributed by atoms with van der Waals surface area (Å²) >= 11 is 0. The first-order valence-electron chi connectivity index (χ1n) is 11.7. The zero-order valence-corrected chi connectivity index (χ0v) is 20.3. The van der Waals surface area contributed by atoms with Crippen LogP contribution in [0.25, 0.3) is 11.1 Å². The Hall–Kier alpha value is -4.66. The molecule has 2 amide bonds. The largest absolute Gasteiger partial charge is 0.491 e. The summed E-state index contributed by atoms with van der Waals surface area (Å²) in [5.41, 5.74) is 14.4. The highest BCUT2D eigenvalue weighted by molar-refractivity contribution is 6.01. The molecule has 9 heteroatoms. The summed E-state index contributed by atoms with van der Waals surface area (Å²) in [5.74, 6) is -1.20. The third-order valence-corrected chi connectivity index (χ3v) is 6.38. The minimum Gasteiger partial charge on any atom is -0.491 e. The van der Waals surface area contributed by atoms with Crippen molar-refractivity contribution in [1.29, 1.82) is 5.41 Å². The highest BCUT2D eigenvalue weighted by Crippen LogP contribution is 2.33. The summed E-state index contributed by atoms with van der Waals surface area (Å²) in [7, 11) is 1.29. The molecule has 37 heavy (non-hydrogen) atoms. The molecule has 1 aliphatic heterocycles. The van der Waals surface area contributed by atoms with Crippen LogP contribution in [-0.4, -0.2) is 43.4 Å². The fourth-order valence-corrected chi connectivity index (χ4v) is 4.43. The molecule has 0 aliphatic carbocycles. The summed E-state index contributed by atoms with van der Waals surface area (Å²) in [6.07, 6.45) is 0.365. The quantitative estimate of drug-likeness (QED) is 0.234. The summed E-state index contributed by atoms with van der Waals surface area (Å²) in [6.45, 7) is 0.191. The van der Waals surface area contributed by atoms with Gasteiger partial charge in [-0.2, -0.15) is 0 Å². The van der Waals surface area contributed by atoms with E-state index in [1.165, 1.54) is 7.11 Å². The fourth-order valence-electron chi connectivity index (χ4n) is 4.43. The zero-order chi connectivity index (χ0) is 26.5. The highest BCUT2D eigenvalue weighted by Gasteiger charge is 2.42. The molecule has 0 unspecified atom stereocenters. The fraction of sp³-hybridized carbons (Fsp3) is 0.214. The van der Waals surface area contributed by atoms with Crippen LogP contribution in [0.5, 0.6) is 5.75 Å². The Labute approximate surface area is 214 Å². The van der Waals surface area contributed by atoms with Crippen molar-refractivity contribution in [2.45, 2.75) is 18.9 Å². The number of carbonyl (C=O) groups excluding carboxylic acids is 3. The Morgan fingerprint density at radius 1 is 0.973 bits per heavy atom. The van der Waals surface area contributed by atoms with Crippen molar-refractivity contribution < 1.29 is 23.9 Å². The number of ether oxygens (including phenoxy) is 2. The van der Waals surface area contributed by atoms with Crippen LogP contribution in [-0.2, 0) is 14.3 Å². The maximum Gasteiger partial charge on any atom is 0.306 e. The topological polar surface area (TPSA) is 149 Å². The van der Waals surface area contributed by atoms with Crippen molar-refractivity contribution >= 4 is 29.3 Å². The van der Waals surface area contributed by atoms with E-state index in [1.54, 1.807) is 41.3 Å². The van der Waals surface area contributed by atoms with E-state index in [9.17, 15) is 14.4 Å². The van der Waals surface area contributed by atoms with E-state index in [4.69, 9.17) is 26.4 Å². The third-order valence-electron chi connectivity index (χ3n) is 6.38. The SMILES string of the molecule is COC(=O)C[C@@H]1C[C@@H](COc2ccc(-c3ccc(C(=N)N)cc3)cc2)N(c2cccc(C(N)=O)c2)C1=O. The zero-order valence-electron chi connectivity index (χ0n) is 20.3. The lowest BCUT2D eigenvalue weighted by molar-refractivity contribution is -0.143. The van der Waals surface area contributed by atoms with Crippen molar-refractivity contribution in [1.82, 2.24) is 0 Å². The van der Waals surface area contributed by atoms with E-state index in [1.807, 2.05) is 36.4 Å². The number of primary amides is 1. The standard InChI is InChI=1S/C28H28N4O5/c1-36-25(33)15-21-14-23(32(28(21)35)22-4-2-3-20(13-22)27(31)34)16-37-24-11-9-18(10-12-24)17-5-7-19(8-6-17)26(29)30/h2-13,21,23H,14-16H2,1H3,(H3,29,30)(H2,31,34)/t21-,23-/m0/s1. The Morgan fingerprint density at radius 3 is 2.22 bits per heavy atom. The second-order valence-electron chi connectivity index (χ2n) is 8.82. The van der Waals surface area contributed by atoms with Crippen molar-refractivity contribution in [2.24, 2.45) is 17.4 Å². The number of rotatable bonds is 9. The summed E-state index contributed by atoms with van der Waals surface area (Å²) in [5, 5.41) is 7.52. The molecule has 1 heterocycles. The van der Waals surface area contributed by atoms with E-state index in [0.717, 1.165) is 11.1 Å². The molecule has 0 spiro atoms. The molecule has 3 aromatic carbocycles. The average molecular weight is 501 g/mol. The van der Waals surface area contributed by atoms with Crippen LogP contribution in [0.15, 0.2) is 72.8 Å². The van der Waals surface area contributed by atoms with Gasteiger partial charge in [-0.05, 0) is 47.9 Å². The molecule has 0 bridgehead atoms. The first kappa shape index (κ1) is 25.4. The number of nitrogens with two attached hydrogens (primary N) is 2. The van der Waals surface area contributed by atoms with Crippen LogP contribution in [0.2, 0.25) is 0 Å². The molecule has 0 aromatic heterocycles. The number of nitrogens with zero attached hydrogens (tertiary/aromatic N) is 1. The maximum atomic E-state index is 13.3. The van der Waals surface area contributed by atoms with Gasteiger partial charge in [-0.15, -0.1) is 0 Å². The number of nitrogens with one attached hydrogen (secondary N) is 1. The Kier molecular flexibility index (Phi) is 7.52. The van der Waals surface area contributed by atoms with Gasteiger partial charge in [0.25, 0.3) is 0 Å². The molecule has 1 saturated heterocycles. The molecule has 4 rings (SSSR count). The highest BCUT2D eigenvalue weighted by atomic mass is 16.5. The predicted octanol–water partition coefficient (Wildman–Crippen LogP) is 3.10. The minimum atomic E-state index is -0.594. The lowest BCUT2D eigenvalue weighted by Crippen LogP contribution is -2.37. The van der Waals surface area contributed by atoms with E-state index in [-0.39, 0.29) is 36.4 Å². The van der Waals surface area contributed by atoms with Gasteiger partial charge in [-0.25, -0.2) is 0 Å². The molecule has 1 aliphatic rings. The number of anilines is 1. The number of esters is 1. The van der Waals surface area contributed by atoms with Crippen molar-refractivity contribution in [3.05, 3.63) is 83.9 Å². The first-order valence-corrected chi connectivity index (χ1v) is 11.7. The Bertz CT molecular complexity index is 1320. The smallest absolute Gasteiger partial charge is 0.306 e. The van der Waals surface area contributed by atoms with Crippen molar-refractivity contribution in [3.8, 4) is 16.9 Å². The number of carbonyl (C=O) groups is 3. The Morgan fingerprint density at radius 2 is 1.62 bits per heavy atom. The molecule has 190 valence electrons. The van der Waals surface area contributed by atoms with Crippen LogP contribution in [0, 0.1) is 11.3 Å². The third kappa shape index (κ3) is 5.78. The van der Waals surface area contributed by atoms with Gasteiger partial charge in [0.1, 0.15) is 18.2 Å². The van der Waals surface area contributed by atoms with E-state index in [0.29, 0.717) is 23.4 Å². The molecule has 5 N–H and O–H groups in total. The van der Waals surface area contributed by atoms with Gasteiger partial charge in [-0.1, -0.05) is 42.5 Å². The molecule has 1 fully saturated rings. The summed E-state index contributed by atoms with van der Waals surface area (Å²) in [6, 6.07) is 21.1. The van der Waals surface area contributed by atoms with E-state index in [2.05, 4.69) is 0 Å². The van der Waals surface area contributed by atoms with Gasteiger partial charge >= 0.3 is 5.97 Å².